The molecule has 2 N–H and O–H groups in total. The van der Waals surface area contributed by atoms with Crippen LogP contribution in [0.4, 0.5) is 0 Å². The van der Waals surface area contributed by atoms with Crippen LogP contribution in [0.1, 0.15) is 39.2 Å². The molecule has 2 unspecified atom stereocenters. The number of halogens is 1. The number of guanidine groups is 1. The van der Waals surface area contributed by atoms with E-state index >= 15 is 0 Å². The van der Waals surface area contributed by atoms with Crippen molar-refractivity contribution >= 4 is 29.9 Å². The summed E-state index contributed by atoms with van der Waals surface area (Å²) < 4.78 is 16.9. The molecule has 0 radical (unpaired) electrons. The summed E-state index contributed by atoms with van der Waals surface area (Å²) >= 11 is 0. The van der Waals surface area contributed by atoms with Crippen molar-refractivity contribution in [3.05, 3.63) is 23.8 Å². The molecule has 0 spiro atoms. The molecule has 1 aromatic carbocycles. The minimum atomic E-state index is 0. The van der Waals surface area contributed by atoms with E-state index in [0.29, 0.717) is 5.92 Å². The maximum atomic E-state index is 6.08. The van der Waals surface area contributed by atoms with E-state index in [1.54, 1.807) is 21.3 Å². The van der Waals surface area contributed by atoms with Crippen molar-refractivity contribution in [2.75, 3.05) is 41.0 Å². The predicted octanol–water partition coefficient (Wildman–Crippen LogP) is 3.87. The zero-order chi connectivity index (χ0) is 20.6. The fraction of sp³-hybridized carbons (Fsp3) is 0.682. The molecule has 1 heterocycles. The third-order valence-corrected chi connectivity index (χ3v) is 5.23. The normalized spacial score (nSPS) is 19.9. The molecule has 1 saturated heterocycles. The second-order valence-corrected chi connectivity index (χ2v) is 8.37. The van der Waals surface area contributed by atoms with Crippen LogP contribution in [-0.4, -0.2) is 53.0 Å². The van der Waals surface area contributed by atoms with Gasteiger partial charge in [0.15, 0.2) is 5.96 Å². The molecule has 1 aliphatic rings. The van der Waals surface area contributed by atoms with E-state index in [-0.39, 0.29) is 35.5 Å². The van der Waals surface area contributed by atoms with Gasteiger partial charge in [-0.2, -0.15) is 0 Å². The van der Waals surface area contributed by atoms with Gasteiger partial charge in [0.05, 0.1) is 20.3 Å². The highest BCUT2D eigenvalue weighted by atomic mass is 127. The van der Waals surface area contributed by atoms with E-state index in [2.05, 4.69) is 36.4 Å². The SMILES string of the molecule is CN=C(NCCc1cc(OC)ccc1OC)NCC1CCCOC1C(C)(C)C.I. The van der Waals surface area contributed by atoms with Gasteiger partial charge in [0.2, 0.25) is 0 Å². The zero-order valence-electron chi connectivity index (χ0n) is 18.7. The average Bonchev–Trinajstić information content (AvgIpc) is 2.69. The third kappa shape index (κ3) is 7.85. The van der Waals surface area contributed by atoms with Crippen LogP contribution in [0.5, 0.6) is 11.5 Å². The maximum Gasteiger partial charge on any atom is 0.190 e. The van der Waals surface area contributed by atoms with Crippen LogP contribution in [-0.2, 0) is 11.2 Å². The van der Waals surface area contributed by atoms with Gasteiger partial charge in [0.25, 0.3) is 0 Å². The van der Waals surface area contributed by atoms with Gasteiger partial charge >= 0.3 is 0 Å². The van der Waals surface area contributed by atoms with Crippen LogP contribution < -0.4 is 20.1 Å². The van der Waals surface area contributed by atoms with Gasteiger partial charge in [-0.05, 0) is 48.4 Å². The molecule has 0 aromatic heterocycles. The summed E-state index contributed by atoms with van der Waals surface area (Å²) in [7, 11) is 5.17. The molecule has 0 saturated carbocycles. The Morgan fingerprint density at radius 3 is 2.59 bits per heavy atom. The van der Waals surface area contributed by atoms with E-state index in [1.165, 1.54) is 6.42 Å². The van der Waals surface area contributed by atoms with Crippen LogP contribution in [0.3, 0.4) is 0 Å². The lowest BCUT2D eigenvalue weighted by molar-refractivity contribution is -0.0835. The summed E-state index contributed by atoms with van der Waals surface area (Å²) in [6, 6.07) is 5.87. The number of hydrogen-bond acceptors (Lipinski definition) is 4. The standard InChI is InChI=1S/C22H37N3O3.HI/c1-22(2,3)20-17(8-7-13-28-20)15-25-21(23-4)24-12-11-16-14-18(26-5)9-10-19(16)27-6;/h9-10,14,17,20H,7-8,11-13,15H2,1-6H3,(H2,23,24,25);1H. The van der Waals surface area contributed by atoms with Gasteiger partial charge in [-0.25, -0.2) is 0 Å². The smallest absolute Gasteiger partial charge is 0.190 e. The predicted molar refractivity (Wildman–Crippen MR) is 130 cm³/mol. The first-order valence-electron chi connectivity index (χ1n) is 10.2. The number of methoxy groups -OCH3 is 2. The van der Waals surface area contributed by atoms with Gasteiger partial charge < -0.3 is 24.8 Å². The molecular weight excluding hydrogens is 481 g/mol. The fourth-order valence-corrected chi connectivity index (χ4v) is 3.85. The highest BCUT2D eigenvalue weighted by Crippen LogP contribution is 2.33. The molecule has 0 bridgehead atoms. The van der Waals surface area contributed by atoms with Crippen LogP contribution in [0, 0.1) is 11.3 Å². The van der Waals surface area contributed by atoms with Gasteiger partial charge in [0, 0.05) is 32.7 Å². The van der Waals surface area contributed by atoms with Gasteiger partial charge in [0.1, 0.15) is 11.5 Å². The number of hydrogen-bond donors (Lipinski definition) is 2. The van der Waals surface area contributed by atoms with Crippen molar-refractivity contribution in [3.8, 4) is 11.5 Å². The Labute approximate surface area is 193 Å². The summed E-state index contributed by atoms with van der Waals surface area (Å²) in [6.45, 7) is 9.25. The monoisotopic (exact) mass is 519 g/mol. The molecular formula is C22H38IN3O3. The minimum absolute atomic E-state index is 0. The third-order valence-electron chi connectivity index (χ3n) is 5.23. The van der Waals surface area contributed by atoms with Gasteiger partial charge in [-0.3, -0.25) is 4.99 Å². The topological polar surface area (TPSA) is 64.1 Å². The van der Waals surface area contributed by atoms with E-state index in [4.69, 9.17) is 14.2 Å². The Balaban J connectivity index is 0.00000420. The van der Waals surface area contributed by atoms with E-state index in [9.17, 15) is 0 Å². The van der Waals surface area contributed by atoms with Gasteiger partial charge in [-0.15, -0.1) is 24.0 Å². The lowest BCUT2D eigenvalue weighted by Crippen LogP contribution is -2.47. The Kier molecular flexibility index (Phi) is 11.1. The first-order chi connectivity index (χ1) is 13.4. The highest BCUT2D eigenvalue weighted by molar-refractivity contribution is 14.0. The molecule has 1 fully saturated rings. The Bertz CT molecular complexity index is 647. The lowest BCUT2D eigenvalue weighted by Gasteiger charge is -2.40. The molecule has 29 heavy (non-hydrogen) atoms. The van der Waals surface area contributed by atoms with Crippen molar-refractivity contribution in [3.63, 3.8) is 0 Å². The summed E-state index contributed by atoms with van der Waals surface area (Å²) in [5, 5.41) is 6.88. The van der Waals surface area contributed by atoms with Crippen molar-refractivity contribution in [1.29, 1.82) is 0 Å². The number of ether oxygens (including phenoxy) is 3. The summed E-state index contributed by atoms with van der Waals surface area (Å²) in [4.78, 5) is 4.36. The zero-order valence-corrected chi connectivity index (χ0v) is 21.0. The lowest BCUT2D eigenvalue weighted by atomic mass is 9.78. The second-order valence-electron chi connectivity index (χ2n) is 8.37. The molecule has 166 valence electrons. The van der Waals surface area contributed by atoms with Crippen molar-refractivity contribution in [1.82, 2.24) is 10.6 Å². The van der Waals surface area contributed by atoms with E-state index in [0.717, 1.165) is 55.6 Å². The number of benzene rings is 1. The number of aliphatic imine (C=N–C) groups is 1. The number of nitrogens with zero attached hydrogens (tertiary/aromatic N) is 1. The van der Waals surface area contributed by atoms with Crippen LogP contribution in [0.15, 0.2) is 23.2 Å². The summed E-state index contributed by atoms with van der Waals surface area (Å²) in [5.41, 5.74) is 1.25. The molecule has 0 aliphatic carbocycles. The van der Waals surface area contributed by atoms with E-state index in [1.807, 2.05) is 18.2 Å². The molecule has 1 aliphatic heterocycles. The first kappa shape index (κ1) is 25.8. The summed E-state index contributed by atoms with van der Waals surface area (Å²) in [6.07, 6.45) is 3.40. The molecule has 2 rings (SSSR count). The molecule has 6 nitrogen and oxygen atoms in total. The maximum absolute atomic E-state index is 6.08. The quantitative estimate of drug-likeness (QED) is 0.326. The fourth-order valence-electron chi connectivity index (χ4n) is 3.85. The minimum Gasteiger partial charge on any atom is -0.497 e. The molecule has 7 heteroatoms. The van der Waals surface area contributed by atoms with Crippen molar-refractivity contribution in [2.45, 2.75) is 46.1 Å². The second kappa shape index (κ2) is 12.5. The Hall–Kier alpha value is -1.22. The number of rotatable bonds is 7. The Morgan fingerprint density at radius 1 is 1.21 bits per heavy atom. The molecule has 0 amide bonds. The van der Waals surface area contributed by atoms with Crippen molar-refractivity contribution in [2.24, 2.45) is 16.3 Å². The van der Waals surface area contributed by atoms with Crippen molar-refractivity contribution < 1.29 is 14.2 Å². The van der Waals surface area contributed by atoms with Crippen LogP contribution in [0.2, 0.25) is 0 Å². The highest BCUT2D eigenvalue weighted by Gasteiger charge is 2.35. The first-order valence-corrected chi connectivity index (χ1v) is 10.2. The Morgan fingerprint density at radius 2 is 1.97 bits per heavy atom. The van der Waals surface area contributed by atoms with Crippen LogP contribution >= 0.6 is 24.0 Å². The average molecular weight is 519 g/mol. The molecule has 2 atom stereocenters. The largest absolute Gasteiger partial charge is 0.497 e. The molecule has 1 aromatic rings. The summed E-state index contributed by atoms with van der Waals surface area (Å²) in [5.74, 6) is 3.02. The van der Waals surface area contributed by atoms with E-state index < -0.39 is 0 Å². The number of nitrogens with one attached hydrogen (secondary N) is 2. The van der Waals surface area contributed by atoms with Gasteiger partial charge in [-0.1, -0.05) is 20.8 Å². The van der Waals surface area contributed by atoms with Crippen LogP contribution in [0.25, 0.3) is 0 Å².